The number of aryl methyl sites for hydroxylation is 1. The number of aromatic nitrogens is 2. The molecule has 176 valence electrons. The number of imide groups is 1. The van der Waals surface area contributed by atoms with Crippen molar-refractivity contribution in [2.75, 3.05) is 13.7 Å². The molecule has 1 aromatic heterocycles. The maximum Gasteiger partial charge on any atom is 0.434 e. The third-order valence-electron chi connectivity index (χ3n) is 5.01. The first-order valence-electron chi connectivity index (χ1n) is 10.6. The van der Waals surface area contributed by atoms with Crippen LogP contribution < -0.4 is 11.0 Å². The maximum atomic E-state index is 12.8. The van der Waals surface area contributed by atoms with Crippen LogP contribution in [-0.2, 0) is 26.2 Å². The van der Waals surface area contributed by atoms with Crippen molar-refractivity contribution in [1.82, 2.24) is 19.5 Å². The van der Waals surface area contributed by atoms with Gasteiger partial charge in [0, 0.05) is 32.5 Å². The molecule has 1 aliphatic rings. The predicted octanol–water partition coefficient (Wildman–Crippen LogP) is 1.86. The lowest BCUT2D eigenvalue weighted by Gasteiger charge is -2.23. The van der Waals surface area contributed by atoms with Crippen molar-refractivity contribution >= 4 is 28.9 Å². The molecule has 0 radical (unpaired) electrons. The molecule has 10 nitrogen and oxygen atoms in total. The number of hydrogen-bond donors (Lipinski definition) is 1. The molecule has 3 rings (SSSR count). The molecule has 1 unspecified atom stereocenters. The average molecular weight is 456 g/mol. The van der Waals surface area contributed by atoms with Crippen LogP contribution in [0.1, 0.15) is 51.6 Å². The van der Waals surface area contributed by atoms with E-state index in [1.165, 1.54) is 16.2 Å². The van der Waals surface area contributed by atoms with E-state index < -0.39 is 23.6 Å². The fourth-order valence-electron chi connectivity index (χ4n) is 3.45. The van der Waals surface area contributed by atoms with Gasteiger partial charge in [0.15, 0.2) is 0 Å². The van der Waals surface area contributed by atoms with Crippen molar-refractivity contribution in [3.63, 3.8) is 0 Å². The standard InChI is InChI=1S/C23H28N4O6/c1-23(2,3)33-22(31)26(5)32-13-7-6-8-15-9-10-16-18(14-15)25(4)21(30)27(16)17-11-12-19(28)24-20(17)29/h9-10,14,17H,7,11-13H2,1-5H3,(H,24,28,29). The number of carbonyl (C=O) groups excluding carboxylic acids is 3. The fourth-order valence-corrected chi connectivity index (χ4v) is 3.45. The van der Waals surface area contributed by atoms with Crippen molar-refractivity contribution in [1.29, 1.82) is 0 Å². The molecule has 10 heteroatoms. The highest BCUT2D eigenvalue weighted by molar-refractivity contribution is 6.00. The Morgan fingerprint density at radius 1 is 1.24 bits per heavy atom. The van der Waals surface area contributed by atoms with Crippen molar-refractivity contribution in [3.05, 3.63) is 34.2 Å². The summed E-state index contributed by atoms with van der Waals surface area (Å²) in [5.41, 5.74) is 0.995. The van der Waals surface area contributed by atoms with Crippen LogP contribution in [0.5, 0.6) is 0 Å². The summed E-state index contributed by atoms with van der Waals surface area (Å²) >= 11 is 0. The lowest BCUT2D eigenvalue weighted by Crippen LogP contribution is -2.44. The molecule has 1 saturated heterocycles. The molecule has 1 aromatic carbocycles. The van der Waals surface area contributed by atoms with Crippen LogP contribution in [-0.4, -0.2) is 51.4 Å². The molecule has 0 saturated carbocycles. The molecule has 1 aliphatic heterocycles. The zero-order valence-corrected chi connectivity index (χ0v) is 19.4. The van der Waals surface area contributed by atoms with Crippen molar-refractivity contribution < 1.29 is 24.0 Å². The largest absolute Gasteiger partial charge is 0.442 e. The van der Waals surface area contributed by atoms with Gasteiger partial charge in [0.05, 0.1) is 17.6 Å². The summed E-state index contributed by atoms with van der Waals surface area (Å²) in [5.74, 6) is 5.19. The highest BCUT2D eigenvalue weighted by Crippen LogP contribution is 2.23. The molecule has 0 aliphatic carbocycles. The normalized spacial score (nSPS) is 16.2. The average Bonchev–Trinajstić information content (AvgIpc) is 2.97. The molecule has 0 bridgehead atoms. The summed E-state index contributed by atoms with van der Waals surface area (Å²) in [6.07, 6.45) is 0.264. The van der Waals surface area contributed by atoms with Crippen molar-refractivity contribution in [3.8, 4) is 11.8 Å². The Kier molecular flexibility index (Phi) is 6.93. The second-order valence-corrected chi connectivity index (χ2v) is 8.74. The lowest BCUT2D eigenvalue weighted by atomic mass is 10.1. The molecule has 3 amide bonds. The lowest BCUT2D eigenvalue weighted by molar-refractivity contribution is -0.135. The number of nitrogens with one attached hydrogen (secondary N) is 1. The Morgan fingerprint density at radius 2 is 1.97 bits per heavy atom. The molecule has 2 aromatic rings. The third-order valence-corrected chi connectivity index (χ3v) is 5.01. The molecule has 2 heterocycles. The highest BCUT2D eigenvalue weighted by Gasteiger charge is 2.31. The van der Waals surface area contributed by atoms with Gasteiger partial charge in [-0.2, -0.15) is 5.06 Å². The minimum atomic E-state index is -0.727. The molecule has 1 fully saturated rings. The van der Waals surface area contributed by atoms with Crippen LogP contribution in [0.3, 0.4) is 0 Å². The van der Waals surface area contributed by atoms with E-state index >= 15 is 0 Å². The van der Waals surface area contributed by atoms with Gasteiger partial charge in [-0.3, -0.25) is 28.9 Å². The summed E-state index contributed by atoms with van der Waals surface area (Å²) in [6.45, 7) is 5.52. The van der Waals surface area contributed by atoms with Crippen LogP contribution in [0.4, 0.5) is 4.79 Å². The Labute approximate surface area is 191 Å². The van der Waals surface area contributed by atoms with Gasteiger partial charge in [0.1, 0.15) is 11.6 Å². The monoisotopic (exact) mass is 456 g/mol. The van der Waals surface area contributed by atoms with Crippen LogP contribution in [0.15, 0.2) is 23.0 Å². The minimum absolute atomic E-state index is 0.188. The number of nitrogens with zero attached hydrogens (tertiary/aromatic N) is 3. The number of amides is 3. The Hall–Kier alpha value is -3.58. The summed E-state index contributed by atoms with van der Waals surface area (Å²) in [5, 5.41) is 3.33. The summed E-state index contributed by atoms with van der Waals surface area (Å²) in [6, 6.07) is 4.57. The van der Waals surface area contributed by atoms with Gasteiger partial charge in [0.25, 0.3) is 0 Å². The van der Waals surface area contributed by atoms with Crippen LogP contribution in [0.25, 0.3) is 11.0 Å². The molecular weight excluding hydrogens is 428 g/mol. The molecule has 1 atom stereocenters. The second kappa shape index (κ2) is 9.50. The van der Waals surface area contributed by atoms with E-state index in [1.807, 2.05) is 0 Å². The van der Waals surface area contributed by atoms with Gasteiger partial charge in [-0.05, 0) is 45.4 Å². The maximum absolute atomic E-state index is 12.8. The van der Waals surface area contributed by atoms with Crippen LogP contribution in [0.2, 0.25) is 0 Å². The van der Waals surface area contributed by atoms with E-state index in [0.29, 0.717) is 23.0 Å². The molecule has 1 N–H and O–H groups in total. The van der Waals surface area contributed by atoms with Crippen LogP contribution in [0, 0.1) is 11.8 Å². The zero-order valence-electron chi connectivity index (χ0n) is 19.4. The summed E-state index contributed by atoms with van der Waals surface area (Å²) in [4.78, 5) is 53.7. The van der Waals surface area contributed by atoms with Gasteiger partial charge in [-0.15, -0.1) is 0 Å². The number of fused-ring (bicyclic) bond motifs is 1. The second-order valence-electron chi connectivity index (χ2n) is 8.74. The Balaban J connectivity index is 1.68. The quantitative estimate of drug-likeness (QED) is 0.325. The predicted molar refractivity (Wildman–Crippen MR) is 120 cm³/mol. The van der Waals surface area contributed by atoms with E-state index in [0.717, 1.165) is 5.06 Å². The number of imidazole rings is 1. The van der Waals surface area contributed by atoms with E-state index in [4.69, 9.17) is 9.57 Å². The Bertz CT molecular complexity index is 1210. The SMILES string of the molecule is CN(OCCC#Cc1ccc2c(c1)n(C)c(=O)n2C1CCC(=O)NC1=O)C(=O)OC(C)(C)C. The van der Waals surface area contributed by atoms with E-state index in [2.05, 4.69) is 17.2 Å². The topological polar surface area (TPSA) is 112 Å². The smallest absolute Gasteiger partial charge is 0.434 e. The Morgan fingerprint density at radius 3 is 2.64 bits per heavy atom. The number of ether oxygens (including phenoxy) is 1. The minimum Gasteiger partial charge on any atom is -0.442 e. The van der Waals surface area contributed by atoms with E-state index in [1.54, 1.807) is 46.0 Å². The van der Waals surface area contributed by atoms with Gasteiger partial charge >= 0.3 is 11.8 Å². The number of benzene rings is 1. The number of rotatable bonds is 4. The number of hydrogen-bond acceptors (Lipinski definition) is 6. The summed E-state index contributed by atoms with van der Waals surface area (Å²) < 4.78 is 8.09. The van der Waals surface area contributed by atoms with Crippen molar-refractivity contribution in [2.45, 2.75) is 51.7 Å². The molecular formula is C23H28N4O6. The van der Waals surface area contributed by atoms with Gasteiger partial charge in [0.2, 0.25) is 11.8 Å². The van der Waals surface area contributed by atoms with Gasteiger partial charge in [-0.1, -0.05) is 11.8 Å². The number of carbonyl (C=O) groups is 3. The third kappa shape index (κ3) is 5.62. The first-order valence-corrected chi connectivity index (χ1v) is 10.6. The molecule has 33 heavy (non-hydrogen) atoms. The van der Waals surface area contributed by atoms with E-state index in [-0.39, 0.29) is 31.0 Å². The fraction of sp³-hybridized carbons (Fsp3) is 0.478. The van der Waals surface area contributed by atoms with Crippen LogP contribution >= 0.6 is 0 Å². The van der Waals surface area contributed by atoms with Gasteiger partial charge in [-0.25, -0.2) is 9.59 Å². The van der Waals surface area contributed by atoms with E-state index in [9.17, 15) is 19.2 Å². The molecule has 0 spiro atoms. The van der Waals surface area contributed by atoms with Crippen molar-refractivity contribution in [2.24, 2.45) is 7.05 Å². The summed E-state index contributed by atoms with van der Waals surface area (Å²) in [7, 11) is 3.10. The zero-order chi connectivity index (χ0) is 24.3. The highest BCUT2D eigenvalue weighted by atomic mass is 16.7. The first-order chi connectivity index (χ1) is 15.5. The number of piperidine rings is 1. The number of hydroxylamine groups is 2. The van der Waals surface area contributed by atoms with Gasteiger partial charge < -0.3 is 4.74 Å². The first kappa shape index (κ1) is 24.1.